The van der Waals surface area contributed by atoms with Gasteiger partial charge in [0, 0.05) is 6.61 Å². The van der Waals surface area contributed by atoms with Gasteiger partial charge in [-0.3, -0.25) is 0 Å². The van der Waals surface area contributed by atoms with Crippen molar-refractivity contribution < 1.29 is 4.43 Å². The van der Waals surface area contributed by atoms with Crippen LogP contribution in [-0.2, 0) is 4.43 Å². The number of halogens is 1. The highest BCUT2D eigenvalue weighted by atomic mass is 79.9. The van der Waals surface area contributed by atoms with Crippen LogP contribution in [0.1, 0.15) is 6.92 Å². The molecule has 7 heavy (non-hydrogen) atoms. The third-order valence-electron chi connectivity index (χ3n) is 0.289. The van der Waals surface area contributed by atoms with Crippen molar-refractivity contribution in [1.82, 2.24) is 0 Å². The first-order valence-corrected chi connectivity index (χ1v) is 3.76. The highest BCUT2D eigenvalue weighted by Gasteiger charge is 1.51. The van der Waals surface area contributed by atoms with Crippen LogP contribution in [0.15, 0.2) is 11.6 Å². The summed E-state index contributed by atoms with van der Waals surface area (Å²) in [6, 6.07) is 0. The molecule has 0 spiro atoms. The van der Waals surface area contributed by atoms with E-state index in [0.29, 0.717) is 0 Å². The van der Waals surface area contributed by atoms with Crippen LogP contribution in [0.3, 0.4) is 0 Å². The van der Waals surface area contributed by atoms with E-state index < -0.39 is 0 Å². The molecule has 0 saturated carbocycles. The Labute approximate surface area is 56.4 Å². The molecule has 3 heteroatoms. The lowest BCUT2D eigenvalue weighted by Gasteiger charge is -1.77. The average molecular weight is 183 g/mol. The summed E-state index contributed by atoms with van der Waals surface area (Å²) in [6.07, 6.45) is 0. The Morgan fingerprint density at radius 3 is 2.14 bits per heavy atom. The minimum Gasteiger partial charge on any atom is -0.428 e. The Kier molecular flexibility index (Phi) is 24.0. The molecular weight excluding hydrogens is 172 g/mol. The largest absolute Gasteiger partial charge is 0.428 e. The summed E-state index contributed by atoms with van der Waals surface area (Å²) in [5.41, 5.74) is 0. The van der Waals surface area contributed by atoms with Crippen LogP contribution in [0.4, 0.5) is 0 Å². The molecule has 1 nitrogen and oxygen atoms in total. The SMILES string of the molecule is C=CBr.CCO[SiH3]. The van der Waals surface area contributed by atoms with Gasteiger partial charge in [-0.25, -0.2) is 0 Å². The maximum Gasteiger partial charge on any atom is 0.145 e. The molecular formula is C4H11BrOSi. The summed E-state index contributed by atoms with van der Waals surface area (Å²) < 4.78 is 4.68. The second kappa shape index (κ2) is 16.1. The summed E-state index contributed by atoms with van der Waals surface area (Å²) in [4.78, 5) is 1.56. The van der Waals surface area contributed by atoms with Crippen LogP contribution in [-0.4, -0.2) is 17.1 Å². The monoisotopic (exact) mass is 182 g/mol. The van der Waals surface area contributed by atoms with Crippen molar-refractivity contribution in [3.05, 3.63) is 11.6 Å². The predicted octanol–water partition coefficient (Wildman–Crippen LogP) is 0.828. The fraction of sp³-hybridized carbons (Fsp3) is 0.500. The number of hydrogen-bond donors (Lipinski definition) is 0. The zero-order valence-electron chi connectivity index (χ0n) is 4.78. The lowest BCUT2D eigenvalue weighted by atomic mass is 10.9. The molecule has 0 saturated heterocycles. The Balaban J connectivity index is 0. The van der Waals surface area contributed by atoms with Crippen molar-refractivity contribution in [2.24, 2.45) is 0 Å². The van der Waals surface area contributed by atoms with E-state index in [4.69, 9.17) is 0 Å². The molecule has 0 rings (SSSR count). The quantitative estimate of drug-likeness (QED) is 0.547. The first kappa shape index (κ1) is 10.4. The smallest absolute Gasteiger partial charge is 0.145 e. The van der Waals surface area contributed by atoms with Crippen molar-refractivity contribution in [3.63, 3.8) is 0 Å². The second-order valence-electron chi connectivity index (χ2n) is 0.732. The van der Waals surface area contributed by atoms with Crippen molar-refractivity contribution in [3.8, 4) is 0 Å². The first-order valence-electron chi connectivity index (χ1n) is 2.03. The molecule has 0 aromatic heterocycles. The van der Waals surface area contributed by atoms with Gasteiger partial charge in [-0.15, -0.1) is 0 Å². The molecule has 0 aliphatic carbocycles. The van der Waals surface area contributed by atoms with Gasteiger partial charge in [0.05, 0.1) is 0 Å². The van der Waals surface area contributed by atoms with Gasteiger partial charge >= 0.3 is 0 Å². The molecule has 44 valence electrons. The number of rotatable bonds is 1. The highest BCUT2D eigenvalue weighted by molar-refractivity contribution is 9.11. The van der Waals surface area contributed by atoms with Gasteiger partial charge in [0.25, 0.3) is 0 Å². The van der Waals surface area contributed by atoms with E-state index in [2.05, 4.69) is 26.9 Å². The molecule has 0 aliphatic rings. The Bertz CT molecular complexity index is 30.9. The Hall–Kier alpha value is 0.397. The Morgan fingerprint density at radius 2 is 2.14 bits per heavy atom. The van der Waals surface area contributed by atoms with Crippen LogP contribution in [0.25, 0.3) is 0 Å². The van der Waals surface area contributed by atoms with Crippen LogP contribution in [0.5, 0.6) is 0 Å². The van der Waals surface area contributed by atoms with E-state index in [-0.39, 0.29) is 0 Å². The normalized spacial score (nSPS) is 6.57. The van der Waals surface area contributed by atoms with Crippen LogP contribution in [0, 0.1) is 0 Å². The van der Waals surface area contributed by atoms with Crippen molar-refractivity contribution in [1.29, 1.82) is 0 Å². The van der Waals surface area contributed by atoms with E-state index in [9.17, 15) is 0 Å². The summed E-state index contributed by atoms with van der Waals surface area (Å²) in [6.45, 7) is 6.15. The molecule has 0 bridgehead atoms. The molecule has 0 aliphatic heterocycles. The summed E-state index contributed by atoms with van der Waals surface area (Å²) >= 11 is 2.91. The van der Waals surface area contributed by atoms with Gasteiger partial charge < -0.3 is 4.43 Å². The maximum absolute atomic E-state index is 4.68. The van der Waals surface area contributed by atoms with Crippen LogP contribution in [0.2, 0.25) is 0 Å². The molecule has 0 aromatic carbocycles. The predicted molar refractivity (Wildman–Crippen MR) is 40.7 cm³/mol. The van der Waals surface area contributed by atoms with Crippen molar-refractivity contribution >= 4 is 26.4 Å². The topological polar surface area (TPSA) is 9.23 Å². The highest BCUT2D eigenvalue weighted by Crippen LogP contribution is 1.68. The standard InChI is InChI=1S/C2H3Br.C2H8OSi/c1-2-3;1-2-3-4/h2H,1H2;2H2,1,4H3. The van der Waals surface area contributed by atoms with E-state index in [0.717, 1.165) is 17.1 Å². The Morgan fingerprint density at radius 1 is 2.00 bits per heavy atom. The molecule has 0 fully saturated rings. The van der Waals surface area contributed by atoms with E-state index >= 15 is 0 Å². The number of hydrogen-bond acceptors (Lipinski definition) is 1. The summed E-state index contributed by atoms with van der Waals surface area (Å²) in [5, 5.41) is 0. The molecule has 0 N–H and O–H groups in total. The minimum absolute atomic E-state index is 0.881. The van der Waals surface area contributed by atoms with E-state index in [1.54, 1.807) is 4.99 Å². The van der Waals surface area contributed by atoms with E-state index in [1.807, 2.05) is 6.92 Å². The second-order valence-corrected chi connectivity index (χ2v) is 1.96. The first-order chi connectivity index (χ1) is 3.33. The maximum atomic E-state index is 4.68. The van der Waals surface area contributed by atoms with Gasteiger partial charge in [-0.05, 0) is 11.9 Å². The zero-order valence-corrected chi connectivity index (χ0v) is 8.36. The van der Waals surface area contributed by atoms with Gasteiger partial charge in [-0.1, -0.05) is 22.5 Å². The molecule has 0 aromatic rings. The third-order valence-corrected chi connectivity index (χ3v) is 0.866. The third kappa shape index (κ3) is 63.4. The fourth-order valence-electron chi connectivity index (χ4n) is 0. The van der Waals surface area contributed by atoms with Crippen molar-refractivity contribution in [2.75, 3.05) is 6.61 Å². The van der Waals surface area contributed by atoms with Gasteiger partial charge in [-0.2, -0.15) is 0 Å². The molecule has 0 heterocycles. The van der Waals surface area contributed by atoms with Gasteiger partial charge in [0.15, 0.2) is 0 Å². The minimum atomic E-state index is 0.881. The van der Waals surface area contributed by atoms with Gasteiger partial charge in [0.1, 0.15) is 10.5 Å². The van der Waals surface area contributed by atoms with Crippen molar-refractivity contribution in [2.45, 2.75) is 6.92 Å². The van der Waals surface area contributed by atoms with E-state index in [1.165, 1.54) is 0 Å². The zero-order chi connectivity index (χ0) is 6.12. The summed E-state index contributed by atoms with van der Waals surface area (Å²) in [5.74, 6) is 0. The molecule has 0 atom stereocenters. The fourth-order valence-corrected chi connectivity index (χ4v) is 0. The average Bonchev–Trinajstić information content (AvgIpc) is 1.69. The summed E-state index contributed by atoms with van der Waals surface area (Å²) in [7, 11) is 0.890. The lowest BCUT2D eigenvalue weighted by Crippen LogP contribution is -1.76. The molecule has 0 amide bonds. The lowest BCUT2D eigenvalue weighted by molar-refractivity contribution is 0.375. The van der Waals surface area contributed by atoms with Crippen LogP contribution < -0.4 is 0 Å². The molecule has 0 radical (unpaired) electrons. The molecule has 0 unspecified atom stereocenters. The van der Waals surface area contributed by atoms with Crippen LogP contribution >= 0.6 is 15.9 Å². The van der Waals surface area contributed by atoms with Gasteiger partial charge in [0.2, 0.25) is 0 Å².